The highest BCUT2D eigenvalue weighted by Gasteiger charge is 2.26. The van der Waals surface area contributed by atoms with Gasteiger partial charge in [-0.25, -0.2) is 4.39 Å². The molecule has 0 radical (unpaired) electrons. The van der Waals surface area contributed by atoms with Gasteiger partial charge in [-0.15, -0.1) is 0 Å². The van der Waals surface area contributed by atoms with Crippen molar-refractivity contribution in [2.45, 2.75) is 38.8 Å². The van der Waals surface area contributed by atoms with Gasteiger partial charge in [-0.3, -0.25) is 0 Å². The lowest BCUT2D eigenvalue weighted by molar-refractivity contribution is 0.110. The number of benzene rings is 1. The van der Waals surface area contributed by atoms with E-state index in [1.807, 2.05) is 19.9 Å². The van der Waals surface area contributed by atoms with Crippen LogP contribution >= 0.6 is 0 Å². The van der Waals surface area contributed by atoms with Crippen LogP contribution in [0, 0.1) is 11.7 Å². The summed E-state index contributed by atoms with van der Waals surface area (Å²) < 4.78 is 14.1. The summed E-state index contributed by atoms with van der Waals surface area (Å²) in [5, 5.41) is 9.62. The molecule has 1 aromatic rings. The van der Waals surface area contributed by atoms with Gasteiger partial charge in [0.15, 0.2) is 0 Å². The molecule has 1 aromatic carbocycles. The molecule has 4 heteroatoms. The highest BCUT2D eigenvalue weighted by atomic mass is 19.1. The molecule has 0 aliphatic carbocycles. The molecule has 1 fully saturated rings. The topological polar surface area (TPSA) is 49.5 Å². The van der Waals surface area contributed by atoms with Gasteiger partial charge in [0.25, 0.3) is 0 Å². The van der Waals surface area contributed by atoms with Crippen LogP contribution in [0.25, 0.3) is 0 Å². The summed E-state index contributed by atoms with van der Waals surface area (Å²) in [6.07, 6.45) is 1.50. The van der Waals surface area contributed by atoms with E-state index in [-0.39, 0.29) is 18.0 Å². The van der Waals surface area contributed by atoms with E-state index in [9.17, 15) is 9.50 Å². The maximum atomic E-state index is 14.1. The second kappa shape index (κ2) is 5.88. The van der Waals surface area contributed by atoms with Gasteiger partial charge in [-0.05, 0) is 44.2 Å². The minimum absolute atomic E-state index is 0.180. The molecule has 1 unspecified atom stereocenters. The zero-order valence-corrected chi connectivity index (χ0v) is 11.6. The van der Waals surface area contributed by atoms with E-state index in [0.717, 1.165) is 31.5 Å². The van der Waals surface area contributed by atoms with Crippen molar-refractivity contribution in [1.82, 2.24) is 0 Å². The Bertz CT molecular complexity index is 426. The van der Waals surface area contributed by atoms with Crippen LogP contribution in [0.15, 0.2) is 18.2 Å². The molecule has 3 N–H and O–H groups in total. The maximum absolute atomic E-state index is 14.1. The van der Waals surface area contributed by atoms with Crippen molar-refractivity contribution >= 4 is 5.69 Å². The van der Waals surface area contributed by atoms with E-state index in [1.165, 1.54) is 6.07 Å². The molecule has 106 valence electrons. The number of para-hydroxylation sites is 1. The Morgan fingerprint density at radius 3 is 2.47 bits per heavy atom. The van der Waals surface area contributed by atoms with Crippen LogP contribution in [0.3, 0.4) is 0 Å². The van der Waals surface area contributed by atoms with E-state index in [2.05, 4.69) is 4.90 Å². The number of hydrogen-bond acceptors (Lipinski definition) is 3. The Balaban J connectivity index is 2.19. The molecular weight excluding hydrogens is 243 g/mol. The minimum atomic E-state index is -0.282. The second-order valence-electron chi connectivity index (χ2n) is 5.53. The molecule has 1 aliphatic rings. The van der Waals surface area contributed by atoms with Gasteiger partial charge in [0.05, 0.1) is 11.8 Å². The number of aliphatic hydroxyl groups is 1. The molecule has 2 atom stereocenters. The predicted octanol–water partition coefficient (Wildman–Crippen LogP) is 2.44. The van der Waals surface area contributed by atoms with Crippen LogP contribution in [-0.2, 0) is 0 Å². The monoisotopic (exact) mass is 266 g/mol. The number of piperidine rings is 1. The summed E-state index contributed by atoms with van der Waals surface area (Å²) in [6.45, 7) is 5.25. The number of anilines is 1. The Morgan fingerprint density at radius 2 is 1.95 bits per heavy atom. The summed E-state index contributed by atoms with van der Waals surface area (Å²) in [6, 6.07) is 4.91. The summed E-state index contributed by atoms with van der Waals surface area (Å²) in [4.78, 5) is 2.06. The molecule has 1 saturated heterocycles. The Kier molecular flexibility index (Phi) is 4.42. The first-order chi connectivity index (χ1) is 9.00. The van der Waals surface area contributed by atoms with Gasteiger partial charge in [-0.2, -0.15) is 0 Å². The van der Waals surface area contributed by atoms with Gasteiger partial charge in [-0.1, -0.05) is 12.1 Å². The van der Waals surface area contributed by atoms with Crippen LogP contribution in [0.2, 0.25) is 0 Å². The van der Waals surface area contributed by atoms with Crippen molar-refractivity contribution in [3.8, 4) is 0 Å². The fourth-order valence-electron chi connectivity index (χ4n) is 2.84. The first-order valence-corrected chi connectivity index (χ1v) is 6.97. The Morgan fingerprint density at radius 1 is 1.32 bits per heavy atom. The normalized spacial score (nSPS) is 20.4. The van der Waals surface area contributed by atoms with Gasteiger partial charge in [0.2, 0.25) is 0 Å². The number of halogens is 1. The number of aliphatic hydroxyl groups excluding tert-OH is 1. The van der Waals surface area contributed by atoms with Crippen molar-refractivity contribution in [3.63, 3.8) is 0 Å². The lowest BCUT2D eigenvalue weighted by Crippen LogP contribution is -2.38. The third-order valence-corrected chi connectivity index (χ3v) is 4.05. The number of hydrogen-bond donors (Lipinski definition) is 2. The second-order valence-corrected chi connectivity index (χ2v) is 5.53. The summed E-state index contributed by atoms with van der Waals surface area (Å²) >= 11 is 0. The zero-order valence-electron chi connectivity index (χ0n) is 11.6. The largest absolute Gasteiger partial charge is 0.393 e. The van der Waals surface area contributed by atoms with Crippen molar-refractivity contribution in [1.29, 1.82) is 0 Å². The number of nitrogens with zero attached hydrogens (tertiary/aromatic N) is 1. The summed E-state index contributed by atoms with van der Waals surface area (Å²) in [7, 11) is 0. The van der Waals surface area contributed by atoms with E-state index in [1.54, 1.807) is 6.07 Å². The van der Waals surface area contributed by atoms with Gasteiger partial charge in [0.1, 0.15) is 5.82 Å². The quantitative estimate of drug-likeness (QED) is 0.883. The van der Waals surface area contributed by atoms with Gasteiger partial charge in [0, 0.05) is 19.1 Å². The third kappa shape index (κ3) is 3.07. The highest BCUT2D eigenvalue weighted by Crippen LogP contribution is 2.32. The van der Waals surface area contributed by atoms with Gasteiger partial charge < -0.3 is 15.7 Å². The molecule has 3 nitrogen and oxygen atoms in total. The lowest BCUT2D eigenvalue weighted by Gasteiger charge is -2.36. The fraction of sp³-hybridized carbons (Fsp3) is 0.600. The molecule has 2 rings (SSSR count). The Labute approximate surface area is 114 Å². The maximum Gasteiger partial charge on any atom is 0.146 e. The van der Waals surface area contributed by atoms with Crippen LogP contribution < -0.4 is 10.6 Å². The zero-order chi connectivity index (χ0) is 14.0. The number of rotatable bonds is 3. The molecule has 1 aliphatic heterocycles. The third-order valence-electron chi connectivity index (χ3n) is 4.05. The van der Waals surface area contributed by atoms with Crippen molar-refractivity contribution in [2.75, 3.05) is 18.0 Å². The molecule has 0 bridgehead atoms. The van der Waals surface area contributed by atoms with Crippen molar-refractivity contribution in [2.24, 2.45) is 11.7 Å². The smallest absolute Gasteiger partial charge is 0.146 e. The number of nitrogens with two attached hydrogens (primary N) is 1. The van der Waals surface area contributed by atoms with Crippen molar-refractivity contribution in [3.05, 3.63) is 29.6 Å². The molecule has 1 heterocycles. The molecule has 0 amide bonds. The van der Waals surface area contributed by atoms with E-state index < -0.39 is 0 Å². The van der Waals surface area contributed by atoms with Crippen LogP contribution in [-0.4, -0.2) is 24.3 Å². The van der Waals surface area contributed by atoms with E-state index in [0.29, 0.717) is 11.6 Å². The lowest BCUT2D eigenvalue weighted by atomic mass is 9.91. The molecule has 19 heavy (non-hydrogen) atoms. The van der Waals surface area contributed by atoms with Crippen LogP contribution in [0.4, 0.5) is 10.1 Å². The van der Waals surface area contributed by atoms with E-state index >= 15 is 0 Å². The first-order valence-electron chi connectivity index (χ1n) is 6.97. The summed E-state index contributed by atoms with van der Waals surface area (Å²) in [5.41, 5.74) is 7.43. The predicted molar refractivity (Wildman–Crippen MR) is 75.6 cm³/mol. The standard InChI is InChI=1S/C15H23FN2O/c1-10(17)13-4-3-5-14(16)15(13)18-8-6-12(7-9-18)11(2)19/h3-5,10-12,19H,6-9,17H2,1-2H3/t10-,11?/m0/s1. The molecular formula is C15H23FN2O. The average molecular weight is 266 g/mol. The molecule has 0 aromatic heterocycles. The Hall–Kier alpha value is -1.13. The SMILES string of the molecule is CC(O)C1CCN(c2c(F)cccc2[C@H](C)N)CC1. The summed E-state index contributed by atoms with van der Waals surface area (Å²) in [5.74, 6) is 0.118. The van der Waals surface area contributed by atoms with Crippen LogP contribution in [0.5, 0.6) is 0 Å². The fourth-order valence-corrected chi connectivity index (χ4v) is 2.84. The van der Waals surface area contributed by atoms with Crippen LogP contribution in [0.1, 0.15) is 38.3 Å². The van der Waals surface area contributed by atoms with Gasteiger partial charge >= 0.3 is 0 Å². The minimum Gasteiger partial charge on any atom is -0.393 e. The molecule has 0 spiro atoms. The first kappa shape index (κ1) is 14.3. The van der Waals surface area contributed by atoms with E-state index in [4.69, 9.17) is 5.73 Å². The average Bonchev–Trinajstić information content (AvgIpc) is 2.38. The van der Waals surface area contributed by atoms with Crippen molar-refractivity contribution < 1.29 is 9.50 Å². The highest BCUT2D eigenvalue weighted by molar-refractivity contribution is 5.56. The molecule has 0 saturated carbocycles.